The molecule has 1 atom stereocenters. The van der Waals surface area contributed by atoms with Crippen LogP contribution in [0.3, 0.4) is 0 Å². The van der Waals surface area contributed by atoms with E-state index in [1.807, 2.05) is 24.8 Å². The van der Waals surface area contributed by atoms with Crippen molar-refractivity contribution in [3.05, 3.63) is 17.5 Å². The Bertz CT molecular complexity index is 451. The minimum atomic E-state index is 0. The summed E-state index contributed by atoms with van der Waals surface area (Å²) >= 11 is 1.40. The molecule has 0 bridgehead atoms. The molecule has 20 heavy (non-hydrogen) atoms. The van der Waals surface area contributed by atoms with Crippen molar-refractivity contribution < 1.29 is 4.79 Å². The highest BCUT2D eigenvalue weighted by molar-refractivity contribution is 7.99. The first-order valence-corrected chi connectivity index (χ1v) is 7.51. The molecule has 2 rings (SSSR count). The Morgan fingerprint density at radius 1 is 1.45 bits per heavy atom. The van der Waals surface area contributed by atoms with E-state index in [0.29, 0.717) is 17.5 Å². The van der Waals surface area contributed by atoms with E-state index >= 15 is 0 Å². The second-order valence-electron chi connectivity index (χ2n) is 4.96. The number of rotatable bonds is 3. The van der Waals surface area contributed by atoms with Gasteiger partial charge in [-0.2, -0.15) is 0 Å². The van der Waals surface area contributed by atoms with Gasteiger partial charge in [0.05, 0.1) is 5.75 Å². The minimum absolute atomic E-state index is 0. The quantitative estimate of drug-likeness (QED) is 0.677. The summed E-state index contributed by atoms with van der Waals surface area (Å²) < 4.78 is 0. The first kappa shape index (κ1) is 17.2. The second kappa shape index (κ2) is 7.81. The van der Waals surface area contributed by atoms with Crippen LogP contribution in [-0.2, 0) is 4.79 Å². The molecule has 5 nitrogen and oxygen atoms in total. The molecule has 0 aromatic carbocycles. The third kappa shape index (κ3) is 4.92. The molecular weight excluding hydrogens is 296 g/mol. The number of carbonyl (C=O) groups is 1. The Hall–Kier alpha value is -0.850. The third-order valence-corrected chi connectivity index (χ3v) is 3.93. The fraction of sp³-hybridized carbons (Fsp3) is 0.615. The third-order valence-electron chi connectivity index (χ3n) is 3.10. The molecule has 2 heterocycles. The van der Waals surface area contributed by atoms with Gasteiger partial charge in [0.1, 0.15) is 0 Å². The Morgan fingerprint density at radius 2 is 2.10 bits per heavy atom. The maximum absolute atomic E-state index is 12.1. The number of aryl methyl sites for hydroxylation is 2. The van der Waals surface area contributed by atoms with E-state index < -0.39 is 0 Å². The maximum atomic E-state index is 12.1. The number of carbonyl (C=O) groups excluding carboxylic acids is 1. The average Bonchev–Trinajstić information content (AvgIpc) is 2.35. The minimum Gasteiger partial charge on any atom is -0.340 e. The van der Waals surface area contributed by atoms with Crippen LogP contribution < -0.4 is 5.73 Å². The smallest absolute Gasteiger partial charge is 0.233 e. The molecule has 0 saturated carbocycles. The summed E-state index contributed by atoms with van der Waals surface area (Å²) in [6, 6.07) is 2.05. The Kier molecular flexibility index (Phi) is 6.71. The van der Waals surface area contributed by atoms with Crippen molar-refractivity contribution in [2.45, 2.75) is 37.9 Å². The molecule has 1 fully saturated rings. The number of aromatic nitrogens is 2. The summed E-state index contributed by atoms with van der Waals surface area (Å²) in [5.41, 5.74) is 7.75. The molecule has 1 aromatic rings. The van der Waals surface area contributed by atoms with Gasteiger partial charge >= 0.3 is 0 Å². The largest absolute Gasteiger partial charge is 0.340 e. The highest BCUT2D eigenvalue weighted by Gasteiger charge is 2.21. The number of amides is 1. The molecule has 1 aliphatic rings. The van der Waals surface area contributed by atoms with Crippen molar-refractivity contribution in [3.8, 4) is 0 Å². The van der Waals surface area contributed by atoms with E-state index in [1.54, 1.807) is 0 Å². The van der Waals surface area contributed by atoms with Crippen molar-refractivity contribution in [3.63, 3.8) is 0 Å². The lowest BCUT2D eigenvalue weighted by molar-refractivity contribution is -0.129. The molecule has 1 aromatic heterocycles. The van der Waals surface area contributed by atoms with Crippen LogP contribution in [0.4, 0.5) is 0 Å². The van der Waals surface area contributed by atoms with Crippen molar-refractivity contribution in [1.29, 1.82) is 0 Å². The van der Waals surface area contributed by atoms with Crippen molar-refractivity contribution >= 4 is 30.1 Å². The van der Waals surface area contributed by atoms with Crippen molar-refractivity contribution in [1.82, 2.24) is 14.9 Å². The van der Waals surface area contributed by atoms with E-state index in [9.17, 15) is 4.79 Å². The zero-order chi connectivity index (χ0) is 13.8. The van der Waals surface area contributed by atoms with E-state index in [0.717, 1.165) is 30.8 Å². The van der Waals surface area contributed by atoms with Gasteiger partial charge in [0, 0.05) is 30.5 Å². The Labute approximate surface area is 130 Å². The van der Waals surface area contributed by atoms with E-state index in [2.05, 4.69) is 9.97 Å². The molecule has 112 valence electrons. The number of piperidine rings is 1. The first-order chi connectivity index (χ1) is 9.04. The lowest BCUT2D eigenvalue weighted by Gasteiger charge is -2.30. The molecule has 1 amide bonds. The SMILES string of the molecule is Cc1cc(C)nc(SCC(=O)N2CCCC(N)C2)n1.Cl. The van der Waals surface area contributed by atoms with Gasteiger partial charge in [-0.1, -0.05) is 11.8 Å². The molecule has 0 spiro atoms. The first-order valence-electron chi connectivity index (χ1n) is 6.53. The van der Waals surface area contributed by atoms with Gasteiger partial charge in [-0.3, -0.25) is 4.79 Å². The topological polar surface area (TPSA) is 72.1 Å². The average molecular weight is 317 g/mol. The number of hydrogen-bond acceptors (Lipinski definition) is 5. The second-order valence-corrected chi connectivity index (χ2v) is 5.91. The van der Waals surface area contributed by atoms with E-state index in [4.69, 9.17) is 5.73 Å². The predicted octanol–water partition coefficient (Wildman–Crippen LogP) is 1.56. The number of nitrogens with zero attached hydrogens (tertiary/aromatic N) is 3. The highest BCUT2D eigenvalue weighted by atomic mass is 35.5. The van der Waals surface area contributed by atoms with Gasteiger partial charge in [0.2, 0.25) is 5.91 Å². The number of thioether (sulfide) groups is 1. The van der Waals surface area contributed by atoms with Gasteiger partial charge in [0.15, 0.2) is 5.16 Å². The van der Waals surface area contributed by atoms with Crippen molar-refractivity contribution in [2.75, 3.05) is 18.8 Å². The summed E-state index contributed by atoms with van der Waals surface area (Å²) in [6.45, 7) is 5.36. The lowest BCUT2D eigenvalue weighted by atomic mass is 10.1. The van der Waals surface area contributed by atoms with Gasteiger partial charge in [-0.05, 0) is 32.8 Å². The fourth-order valence-corrected chi connectivity index (χ4v) is 3.06. The van der Waals surface area contributed by atoms with Gasteiger partial charge in [0.25, 0.3) is 0 Å². The number of hydrogen-bond donors (Lipinski definition) is 1. The monoisotopic (exact) mass is 316 g/mol. The van der Waals surface area contributed by atoms with Crippen LogP contribution in [0.1, 0.15) is 24.2 Å². The number of likely N-dealkylation sites (tertiary alicyclic amines) is 1. The Morgan fingerprint density at radius 3 is 2.70 bits per heavy atom. The lowest BCUT2D eigenvalue weighted by Crippen LogP contribution is -2.46. The van der Waals surface area contributed by atoms with Crippen LogP contribution in [0, 0.1) is 13.8 Å². The molecule has 1 aliphatic heterocycles. The van der Waals surface area contributed by atoms with Crippen LogP contribution in [0.15, 0.2) is 11.2 Å². The van der Waals surface area contributed by atoms with Crippen LogP contribution in [0.5, 0.6) is 0 Å². The van der Waals surface area contributed by atoms with Crippen LogP contribution >= 0.6 is 24.2 Å². The zero-order valence-corrected chi connectivity index (χ0v) is 13.5. The maximum Gasteiger partial charge on any atom is 0.233 e. The number of halogens is 1. The Balaban J connectivity index is 0.00000200. The zero-order valence-electron chi connectivity index (χ0n) is 11.8. The van der Waals surface area contributed by atoms with Gasteiger partial charge in [-0.25, -0.2) is 9.97 Å². The van der Waals surface area contributed by atoms with Crippen LogP contribution in [0.2, 0.25) is 0 Å². The molecule has 0 radical (unpaired) electrons. The van der Waals surface area contributed by atoms with Crippen LogP contribution in [-0.4, -0.2) is 45.7 Å². The predicted molar refractivity (Wildman–Crippen MR) is 83.3 cm³/mol. The molecule has 7 heteroatoms. The molecule has 1 saturated heterocycles. The van der Waals surface area contributed by atoms with Crippen molar-refractivity contribution in [2.24, 2.45) is 5.73 Å². The van der Waals surface area contributed by atoms with E-state index in [1.165, 1.54) is 11.8 Å². The standard InChI is InChI=1S/C13H20N4OS.ClH/c1-9-6-10(2)16-13(15-9)19-8-12(18)17-5-3-4-11(14)7-17;/h6,11H,3-5,7-8,14H2,1-2H3;1H. The summed E-state index contributed by atoms with van der Waals surface area (Å²) in [6.07, 6.45) is 2.01. The molecular formula is C13H21ClN4OS. The molecule has 1 unspecified atom stereocenters. The fourth-order valence-electron chi connectivity index (χ4n) is 2.21. The van der Waals surface area contributed by atoms with Crippen LogP contribution in [0.25, 0.3) is 0 Å². The summed E-state index contributed by atoms with van der Waals surface area (Å²) in [7, 11) is 0. The number of nitrogens with two attached hydrogens (primary N) is 1. The van der Waals surface area contributed by atoms with E-state index in [-0.39, 0.29) is 24.4 Å². The summed E-state index contributed by atoms with van der Waals surface area (Å²) in [5, 5.41) is 0.673. The molecule has 2 N–H and O–H groups in total. The summed E-state index contributed by atoms with van der Waals surface area (Å²) in [4.78, 5) is 22.6. The van der Waals surface area contributed by atoms with Gasteiger partial charge < -0.3 is 10.6 Å². The normalized spacial score (nSPS) is 18.6. The highest BCUT2D eigenvalue weighted by Crippen LogP contribution is 2.16. The summed E-state index contributed by atoms with van der Waals surface area (Å²) in [5.74, 6) is 0.512. The molecule has 0 aliphatic carbocycles. The van der Waals surface area contributed by atoms with Gasteiger partial charge in [-0.15, -0.1) is 12.4 Å².